The third-order valence-corrected chi connectivity index (χ3v) is 4.03. The predicted molar refractivity (Wildman–Crippen MR) is 82.9 cm³/mol. The van der Waals surface area contributed by atoms with Gasteiger partial charge < -0.3 is 10.4 Å². The quantitative estimate of drug-likeness (QED) is 0.819. The molecular formula is C15H16N2O3S. The van der Waals surface area contributed by atoms with E-state index in [1.807, 2.05) is 24.3 Å². The van der Waals surface area contributed by atoms with Gasteiger partial charge in [0.15, 0.2) is 16.6 Å². The van der Waals surface area contributed by atoms with Crippen molar-refractivity contribution in [2.75, 3.05) is 5.32 Å². The lowest BCUT2D eigenvalue weighted by molar-refractivity contribution is 0.0687. The molecule has 0 unspecified atom stereocenters. The first-order valence-corrected chi connectivity index (χ1v) is 7.32. The van der Waals surface area contributed by atoms with E-state index in [-0.39, 0.29) is 16.4 Å². The number of anilines is 2. The summed E-state index contributed by atoms with van der Waals surface area (Å²) in [5.41, 5.74) is 1.79. The number of aromatic carboxylic acids is 1. The highest BCUT2D eigenvalue weighted by Crippen LogP contribution is 2.28. The third kappa shape index (κ3) is 3.46. The molecule has 2 aromatic rings. The van der Waals surface area contributed by atoms with Gasteiger partial charge in [-0.25, -0.2) is 9.78 Å². The number of nitrogens with zero attached hydrogens (tertiary/aromatic N) is 1. The Morgan fingerprint density at radius 2 is 2.05 bits per heavy atom. The van der Waals surface area contributed by atoms with E-state index in [1.165, 1.54) is 12.5 Å². The fourth-order valence-electron chi connectivity index (χ4n) is 1.86. The highest BCUT2D eigenvalue weighted by molar-refractivity contribution is 7.17. The molecule has 2 N–H and O–H groups in total. The van der Waals surface area contributed by atoms with Gasteiger partial charge in [0.25, 0.3) is 0 Å². The number of carboxylic acid groups (broad SMARTS) is 1. The molecule has 1 aromatic carbocycles. The molecule has 6 heteroatoms. The van der Waals surface area contributed by atoms with Crippen molar-refractivity contribution >= 4 is 33.9 Å². The number of carboxylic acids is 1. The lowest BCUT2D eigenvalue weighted by Crippen LogP contribution is -2.03. The molecule has 0 saturated carbocycles. The second-order valence-electron chi connectivity index (χ2n) is 4.96. The van der Waals surface area contributed by atoms with Crippen LogP contribution in [0.15, 0.2) is 24.3 Å². The molecule has 0 aliphatic rings. The Morgan fingerprint density at radius 3 is 2.57 bits per heavy atom. The number of nitrogens with one attached hydrogen (secondary N) is 1. The fourth-order valence-corrected chi connectivity index (χ4v) is 2.73. The van der Waals surface area contributed by atoms with Gasteiger partial charge in [-0.1, -0.05) is 37.3 Å². The number of carbonyl (C=O) groups excluding carboxylic acids is 1. The molecule has 1 heterocycles. The van der Waals surface area contributed by atoms with Gasteiger partial charge in [-0.3, -0.25) is 4.79 Å². The van der Waals surface area contributed by atoms with Gasteiger partial charge in [-0.15, -0.1) is 0 Å². The number of benzene rings is 1. The minimum absolute atomic E-state index is 0.157. The summed E-state index contributed by atoms with van der Waals surface area (Å²) in [6.07, 6.45) is 0. The van der Waals surface area contributed by atoms with Gasteiger partial charge in [-0.05, 0) is 23.6 Å². The number of aromatic nitrogens is 1. The topological polar surface area (TPSA) is 79.3 Å². The van der Waals surface area contributed by atoms with Crippen LogP contribution in [-0.4, -0.2) is 21.8 Å². The van der Waals surface area contributed by atoms with Gasteiger partial charge in [0, 0.05) is 12.6 Å². The standard InChI is InChI=1S/C15H16N2O3S/c1-8(2)10-5-4-6-11(7-10)16-15-17-12(14(19)20)13(21-15)9(3)18/h4-8H,1-3H3,(H,16,17)(H,19,20). The average Bonchev–Trinajstić information content (AvgIpc) is 2.83. The molecule has 110 valence electrons. The van der Waals surface area contributed by atoms with Crippen LogP contribution in [-0.2, 0) is 0 Å². The molecule has 0 radical (unpaired) electrons. The molecule has 0 spiro atoms. The molecule has 0 fully saturated rings. The first-order valence-electron chi connectivity index (χ1n) is 6.50. The SMILES string of the molecule is CC(=O)c1sc(Nc2cccc(C(C)C)c2)nc1C(=O)O. The predicted octanol–water partition coefficient (Wildman–Crippen LogP) is 3.91. The maximum Gasteiger partial charge on any atom is 0.356 e. The summed E-state index contributed by atoms with van der Waals surface area (Å²) >= 11 is 1.05. The van der Waals surface area contributed by atoms with Crippen molar-refractivity contribution in [3.05, 3.63) is 40.4 Å². The van der Waals surface area contributed by atoms with Crippen LogP contribution in [0.3, 0.4) is 0 Å². The van der Waals surface area contributed by atoms with Crippen molar-refractivity contribution < 1.29 is 14.7 Å². The second kappa shape index (κ2) is 6.05. The van der Waals surface area contributed by atoms with Gasteiger partial charge in [0.05, 0.1) is 0 Å². The van der Waals surface area contributed by atoms with Crippen LogP contribution < -0.4 is 5.32 Å². The monoisotopic (exact) mass is 304 g/mol. The van der Waals surface area contributed by atoms with Crippen LogP contribution in [0.2, 0.25) is 0 Å². The van der Waals surface area contributed by atoms with E-state index < -0.39 is 5.97 Å². The summed E-state index contributed by atoms with van der Waals surface area (Å²) in [6.45, 7) is 5.53. The van der Waals surface area contributed by atoms with Crippen molar-refractivity contribution in [1.29, 1.82) is 0 Å². The summed E-state index contributed by atoms with van der Waals surface area (Å²) in [5, 5.41) is 12.5. The van der Waals surface area contributed by atoms with E-state index in [2.05, 4.69) is 24.1 Å². The molecule has 0 aliphatic carbocycles. The first-order chi connectivity index (χ1) is 9.88. The van der Waals surface area contributed by atoms with Crippen molar-refractivity contribution in [1.82, 2.24) is 4.98 Å². The molecule has 0 aliphatic heterocycles. The fraction of sp³-hybridized carbons (Fsp3) is 0.267. The minimum Gasteiger partial charge on any atom is -0.476 e. The number of rotatable bonds is 5. The Kier molecular flexibility index (Phi) is 4.37. The maximum atomic E-state index is 11.5. The molecule has 0 saturated heterocycles. The maximum absolute atomic E-state index is 11.5. The highest BCUT2D eigenvalue weighted by atomic mass is 32.1. The minimum atomic E-state index is -1.19. The van der Waals surface area contributed by atoms with Gasteiger partial charge >= 0.3 is 5.97 Å². The normalized spacial score (nSPS) is 10.7. The molecule has 0 bridgehead atoms. The molecule has 2 rings (SSSR count). The zero-order valence-electron chi connectivity index (χ0n) is 12.0. The Hall–Kier alpha value is -2.21. The summed E-state index contributed by atoms with van der Waals surface area (Å²) in [5.74, 6) is -1.10. The van der Waals surface area contributed by atoms with Crippen molar-refractivity contribution in [3.8, 4) is 0 Å². The largest absolute Gasteiger partial charge is 0.476 e. The van der Waals surface area contributed by atoms with E-state index in [0.717, 1.165) is 17.0 Å². The van der Waals surface area contributed by atoms with Crippen LogP contribution >= 0.6 is 11.3 Å². The molecule has 1 aromatic heterocycles. The van der Waals surface area contributed by atoms with Gasteiger partial charge in [-0.2, -0.15) is 0 Å². The summed E-state index contributed by atoms with van der Waals surface area (Å²) < 4.78 is 0. The molecule has 0 atom stereocenters. The molecule has 21 heavy (non-hydrogen) atoms. The van der Waals surface area contributed by atoms with Crippen molar-refractivity contribution in [2.24, 2.45) is 0 Å². The molecule has 0 amide bonds. The number of hydrogen-bond donors (Lipinski definition) is 2. The molecule has 5 nitrogen and oxygen atoms in total. The van der Waals surface area contributed by atoms with E-state index in [0.29, 0.717) is 11.0 Å². The Morgan fingerprint density at radius 1 is 1.33 bits per heavy atom. The van der Waals surface area contributed by atoms with E-state index >= 15 is 0 Å². The van der Waals surface area contributed by atoms with E-state index in [1.54, 1.807) is 0 Å². The number of thiazole rings is 1. The lowest BCUT2D eigenvalue weighted by atomic mass is 10.0. The van der Waals surface area contributed by atoms with Crippen LogP contribution in [0.5, 0.6) is 0 Å². The summed E-state index contributed by atoms with van der Waals surface area (Å²) in [4.78, 5) is 26.7. The lowest BCUT2D eigenvalue weighted by Gasteiger charge is -2.08. The number of Topliss-reactive ketones (excluding diaryl/α,β-unsaturated/α-hetero) is 1. The number of ketones is 1. The highest BCUT2D eigenvalue weighted by Gasteiger charge is 2.20. The number of carbonyl (C=O) groups is 2. The Bertz CT molecular complexity index is 660. The first kappa shape index (κ1) is 15.2. The van der Waals surface area contributed by atoms with Crippen LogP contribution in [0.25, 0.3) is 0 Å². The number of hydrogen-bond acceptors (Lipinski definition) is 5. The Labute approximate surface area is 126 Å². The van der Waals surface area contributed by atoms with Gasteiger partial charge in [0.2, 0.25) is 0 Å². The Balaban J connectivity index is 2.32. The van der Waals surface area contributed by atoms with Crippen LogP contribution in [0, 0.1) is 0 Å². The van der Waals surface area contributed by atoms with Gasteiger partial charge in [0.1, 0.15) is 4.88 Å². The summed E-state index contributed by atoms with van der Waals surface area (Å²) in [7, 11) is 0. The zero-order chi connectivity index (χ0) is 15.6. The third-order valence-electron chi connectivity index (χ3n) is 2.95. The van der Waals surface area contributed by atoms with Crippen molar-refractivity contribution in [2.45, 2.75) is 26.7 Å². The van der Waals surface area contributed by atoms with E-state index in [9.17, 15) is 9.59 Å². The summed E-state index contributed by atoms with van der Waals surface area (Å²) in [6, 6.07) is 7.82. The second-order valence-corrected chi connectivity index (χ2v) is 5.96. The van der Waals surface area contributed by atoms with Crippen LogP contribution in [0.4, 0.5) is 10.8 Å². The average molecular weight is 304 g/mol. The van der Waals surface area contributed by atoms with E-state index in [4.69, 9.17) is 5.11 Å². The molecular weight excluding hydrogens is 288 g/mol. The van der Waals surface area contributed by atoms with Crippen LogP contribution in [0.1, 0.15) is 52.4 Å². The van der Waals surface area contributed by atoms with Crippen molar-refractivity contribution in [3.63, 3.8) is 0 Å². The zero-order valence-corrected chi connectivity index (χ0v) is 12.8. The smallest absolute Gasteiger partial charge is 0.356 e.